The summed E-state index contributed by atoms with van der Waals surface area (Å²) in [5.74, 6) is 2.20. The minimum atomic E-state index is -0.343. The van der Waals surface area contributed by atoms with Crippen LogP contribution in [0.15, 0.2) is 59.8 Å². The van der Waals surface area contributed by atoms with E-state index in [4.69, 9.17) is 9.26 Å². The number of amides is 1. The van der Waals surface area contributed by atoms with E-state index in [0.717, 1.165) is 5.39 Å². The SMILES string of the molecule is CC(C)c1cc(NC(=O)n2ccc3cc(Oc4cc(Cn5ncnn5)ncn4)ccc32)no1. The second kappa shape index (κ2) is 8.49. The molecule has 0 saturated carbocycles. The fourth-order valence-electron chi connectivity index (χ4n) is 3.20. The van der Waals surface area contributed by atoms with Gasteiger partial charge in [0.1, 0.15) is 24.4 Å². The first-order valence-electron chi connectivity index (χ1n) is 10.1. The van der Waals surface area contributed by atoms with Gasteiger partial charge in [0.15, 0.2) is 12.1 Å². The molecule has 0 radical (unpaired) electrons. The summed E-state index contributed by atoms with van der Waals surface area (Å²) in [6.07, 6.45) is 4.45. The van der Waals surface area contributed by atoms with Crippen LogP contribution < -0.4 is 10.1 Å². The Labute approximate surface area is 187 Å². The first kappa shape index (κ1) is 20.3. The van der Waals surface area contributed by atoms with E-state index in [-0.39, 0.29) is 11.9 Å². The van der Waals surface area contributed by atoms with Crippen molar-refractivity contribution in [3.05, 3.63) is 66.7 Å². The van der Waals surface area contributed by atoms with Crippen LogP contribution in [-0.2, 0) is 6.54 Å². The highest BCUT2D eigenvalue weighted by atomic mass is 16.5. The molecule has 1 aromatic carbocycles. The van der Waals surface area contributed by atoms with Gasteiger partial charge in [0.25, 0.3) is 0 Å². The van der Waals surface area contributed by atoms with E-state index < -0.39 is 0 Å². The molecule has 0 aliphatic rings. The van der Waals surface area contributed by atoms with Crippen molar-refractivity contribution in [3.8, 4) is 11.6 Å². The van der Waals surface area contributed by atoms with Crippen LogP contribution in [0.4, 0.5) is 10.6 Å². The number of nitrogens with one attached hydrogen (secondary N) is 1. The lowest BCUT2D eigenvalue weighted by Crippen LogP contribution is -2.18. The second-order valence-corrected chi connectivity index (χ2v) is 7.52. The Hall–Kier alpha value is -4.61. The lowest BCUT2D eigenvalue weighted by molar-refractivity contribution is 0.254. The van der Waals surface area contributed by atoms with Gasteiger partial charge in [-0.2, -0.15) is 4.80 Å². The number of benzene rings is 1. The molecule has 5 aromatic rings. The van der Waals surface area contributed by atoms with Crippen molar-refractivity contribution in [2.24, 2.45) is 0 Å². The van der Waals surface area contributed by atoms with E-state index in [1.165, 1.54) is 22.0 Å². The number of carbonyl (C=O) groups excluding carboxylic acids is 1. The summed E-state index contributed by atoms with van der Waals surface area (Å²) in [6, 6.07) is 10.3. The number of hydrogen-bond donors (Lipinski definition) is 1. The number of anilines is 1. The summed E-state index contributed by atoms with van der Waals surface area (Å²) in [4.78, 5) is 22.5. The largest absolute Gasteiger partial charge is 0.439 e. The summed E-state index contributed by atoms with van der Waals surface area (Å²) in [7, 11) is 0. The number of nitrogens with zero attached hydrogens (tertiary/aromatic N) is 8. The van der Waals surface area contributed by atoms with E-state index in [1.807, 2.05) is 26.0 Å². The van der Waals surface area contributed by atoms with Crippen molar-refractivity contribution in [2.75, 3.05) is 5.32 Å². The zero-order valence-corrected chi connectivity index (χ0v) is 17.8. The average Bonchev–Trinajstić information content (AvgIpc) is 3.54. The monoisotopic (exact) mass is 445 g/mol. The Morgan fingerprint density at radius 3 is 2.85 bits per heavy atom. The summed E-state index contributed by atoms with van der Waals surface area (Å²) < 4.78 is 12.6. The van der Waals surface area contributed by atoms with E-state index >= 15 is 0 Å². The fraction of sp³-hybridized carbons (Fsp3) is 0.190. The smallest absolute Gasteiger partial charge is 0.331 e. The number of tetrazole rings is 1. The molecule has 0 aliphatic carbocycles. The van der Waals surface area contributed by atoms with Gasteiger partial charge < -0.3 is 9.26 Å². The van der Waals surface area contributed by atoms with Crippen molar-refractivity contribution in [2.45, 2.75) is 26.3 Å². The van der Waals surface area contributed by atoms with E-state index in [2.05, 4.69) is 35.9 Å². The summed E-state index contributed by atoms with van der Waals surface area (Å²) in [5.41, 5.74) is 1.39. The molecule has 1 amide bonds. The molecule has 12 heteroatoms. The predicted octanol–water partition coefficient (Wildman–Crippen LogP) is 3.45. The van der Waals surface area contributed by atoms with Crippen molar-refractivity contribution in [1.29, 1.82) is 0 Å². The standard InChI is InChI=1S/C21H19N9O3/c1-13(2)18-9-19(27-33-18)26-21(31)29-6-5-14-7-16(3-4-17(14)29)32-20-8-15(22-11-23-20)10-30-25-12-24-28-30/h3-9,11-13H,10H2,1-2H3,(H,26,27,31). The Morgan fingerprint density at radius 1 is 1.15 bits per heavy atom. The lowest BCUT2D eigenvalue weighted by atomic mass is 10.2. The quantitative estimate of drug-likeness (QED) is 0.416. The lowest BCUT2D eigenvalue weighted by Gasteiger charge is -2.07. The van der Waals surface area contributed by atoms with Crippen LogP contribution in [-0.4, -0.2) is 45.9 Å². The highest BCUT2D eigenvalue weighted by molar-refractivity contribution is 5.98. The van der Waals surface area contributed by atoms with Gasteiger partial charge in [0.2, 0.25) is 5.88 Å². The third kappa shape index (κ3) is 4.39. The number of ether oxygens (including phenoxy) is 1. The maximum Gasteiger partial charge on any atom is 0.331 e. The second-order valence-electron chi connectivity index (χ2n) is 7.52. The van der Waals surface area contributed by atoms with Gasteiger partial charge in [-0.3, -0.25) is 9.88 Å². The molecular formula is C21H19N9O3. The molecule has 1 N–H and O–H groups in total. The molecule has 4 heterocycles. The van der Waals surface area contributed by atoms with Crippen LogP contribution >= 0.6 is 0 Å². The average molecular weight is 445 g/mol. The zero-order valence-electron chi connectivity index (χ0n) is 17.8. The van der Waals surface area contributed by atoms with Gasteiger partial charge in [-0.25, -0.2) is 14.8 Å². The molecule has 0 saturated heterocycles. The molecule has 0 fully saturated rings. The van der Waals surface area contributed by atoms with Crippen molar-refractivity contribution in [3.63, 3.8) is 0 Å². The summed E-state index contributed by atoms with van der Waals surface area (Å²) in [6.45, 7) is 4.32. The molecule has 0 unspecified atom stereocenters. The summed E-state index contributed by atoms with van der Waals surface area (Å²) in [5, 5.41) is 18.9. The Kier molecular flexibility index (Phi) is 5.23. The maximum absolute atomic E-state index is 12.7. The molecule has 4 aromatic heterocycles. The highest BCUT2D eigenvalue weighted by Crippen LogP contribution is 2.26. The van der Waals surface area contributed by atoms with Gasteiger partial charge in [-0.05, 0) is 29.5 Å². The van der Waals surface area contributed by atoms with Crippen LogP contribution in [0, 0.1) is 0 Å². The normalized spacial score (nSPS) is 11.2. The Bertz CT molecular complexity index is 1410. The van der Waals surface area contributed by atoms with Crippen LogP contribution in [0.25, 0.3) is 10.9 Å². The molecule has 0 atom stereocenters. The molecule has 166 valence electrons. The maximum atomic E-state index is 12.7. The molecule has 0 spiro atoms. The van der Waals surface area contributed by atoms with Gasteiger partial charge in [-0.1, -0.05) is 19.0 Å². The first-order valence-corrected chi connectivity index (χ1v) is 10.1. The third-order valence-electron chi connectivity index (χ3n) is 4.83. The van der Waals surface area contributed by atoms with E-state index in [0.29, 0.717) is 41.0 Å². The molecule has 0 aliphatic heterocycles. The highest BCUT2D eigenvalue weighted by Gasteiger charge is 2.14. The van der Waals surface area contributed by atoms with Crippen molar-refractivity contribution in [1.82, 2.24) is 39.9 Å². The van der Waals surface area contributed by atoms with Gasteiger partial charge in [0.05, 0.1) is 11.2 Å². The molecule has 0 bridgehead atoms. The molecule has 5 rings (SSSR count). The zero-order chi connectivity index (χ0) is 22.8. The number of aromatic nitrogens is 8. The Morgan fingerprint density at radius 2 is 2.06 bits per heavy atom. The van der Waals surface area contributed by atoms with Crippen LogP contribution in [0.5, 0.6) is 11.6 Å². The van der Waals surface area contributed by atoms with Gasteiger partial charge >= 0.3 is 6.03 Å². The summed E-state index contributed by atoms with van der Waals surface area (Å²) >= 11 is 0. The van der Waals surface area contributed by atoms with E-state index in [9.17, 15) is 4.79 Å². The minimum Gasteiger partial charge on any atom is -0.439 e. The van der Waals surface area contributed by atoms with Crippen molar-refractivity contribution >= 4 is 22.8 Å². The number of fused-ring (bicyclic) bond motifs is 1. The predicted molar refractivity (Wildman–Crippen MR) is 116 cm³/mol. The fourth-order valence-corrected chi connectivity index (χ4v) is 3.20. The number of rotatable bonds is 6. The topological polar surface area (TPSA) is 139 Å². The molecule has 33 heavy (non-hydrogen) atoms. The first-order chi connectivity index (χ1) is 16.0. The number of carbonyl (C=O) groups is 1. The van der Waals surface area contributed by atoms with Crippen molar-refractivity contribution < 1.29 is 14.1 Å². The minimum absolute atomic E-state index is 0.180. The Balaban J connectivity index is 1.31. The third-order valence-corrected chi connectivity index (χ3v) is 4.83. The van der Waals surface area contributed by atoms with Gasteiger partial charge in [0, 0.05) is 29.6 Å². The van der Waals surface area contributed by atoms with Crippen LogP contribution in [0.1, 0.15) is 31.2 Å². The molecule has 12 nitrogen and oxygen atoms in total. The van der Waals surface area contributed by atoms with Crippen LogP contribution in [0.3, 0.4) is 0 Å². The van der Waals surface area contributed by atoms with Gasteiger partial charge in [-0.15, -0.1) is 10.2 Å². The van der Waals surface area contributed by atoms with E-state index in [1.54, 1.807) is 30.5 Å². The number of hydrogen-bond acceptors (Lipinski definition) is 9. The molecular weight excluding hydrogens is 426 g/mol. The van der Waals surface area contributed by atoms with Crippen LogP contribution in [0.2, 0.25) is 0 Å².